The monoisotopic (exact) mass is 238 g/mol. The Morgan fingerprint density at radius 2 is 2.29 bits per heavy atom. The standard InChI is InChI=1S/C9H14N6O2/c10-3-7-4-15(14-13-7)5-8(16)12-9(17)11-6-1-2-6/h4,6H,1-3,5,10H2,(H2,11,12,16,17). The highest BCUT2D eigenvalue weighted by molar-refractivity contribution is 5.94. The van der Waals surface area contributed by atoms with E-state index in [1.165, 1.54) is 4.68 Å². The minimum atomic E-state index is -0.461. The van der Waals surface area contributed by atoms with Gasteiger partial charge in [0.1, 0.15) is 6.54 Å². The second kappa shape index (κ2) is 4.91. The van der Waals surface area contributed by atoms with E-state index in [0.29, 0.717) is 5.69 Å². The number of hydrogen-bond donors (Lipinski definition) is 3. The zero-order valence-electron chi connectivity index (χ0n) is 9.22. The van der Waals surface area contributed by atoms with Crippen LogP contribution in [0.4, 0.5) is 4.79 Å². The molecule has 4 N–H and O–H groups in total. The lowest BCUT2D eigenvalue weighted by Gasteiger charge is -2.04. The van der Waals surface area contributed by atoms with E-state index in [1.807, 2.05) is 0 Å². The third kappa shape index (κ3) is 3.52. The number of nitrogens with zero attached hydrogens (tertiary/aromatic N) is 3. The molecule has 2 rings (SSSR count). The third-order valence-electron chi connectivity index (χ3n) is 2.27. The molecule has 1 aliphatic carbocycles. The van der Waals surface area contributed by atoms with Gasteiger partial charge in [0.05, 0.1) is 11.9 Å². The summed E-state index contributed by atoms with van der Waals surface area (Å²) in [6, 6.07) is -0.241. The van der Waals surface area contributed by atoms with Crippen LogP contribution in [0, 0.1) is 0 Å². The molecule has 1 saturated carbocycles. The van der Waals surface area contributed by atoms with Crippen LogP contribution in [0.2, 0.25) is 0 Å². The normalized spacial score (nSPS) is 14.4. The predicted molar refractivity (Wildman–Crippen MR) is 57.6 cm³/mol. The van der Waals surface area contributed by atoms with E-state index in [9.17, 15) is 9.59 Å². The van der Waals surface area contributed by atoms with Gasteiger partial charge in [-0.3, -0.25) is 10.1 Å². The van der Waals surface area contributed by atoms with E-state index >= 15 is 0 Å². The van der Waals surface area contributed by atoms with Crippen LogP contribution in [0.3, 0.4) is 0 Å². The fourth-order valence-electron chi connectivity index (χ4n) is 1.27. The summed E-state index contributed by atoms with van der Waals surface area (Å²) in [5.41, 5.74) is 5.95. The van der Waals surface area contributed by atoms with E-state index in [1.54, 1.807) is 6.20 Å². The van der Waals surface area contributed by atoms with Crippen molar-refractivity contribution < 1.29 is 9.59 Å². The van der Waals surface area contributed by atoms with Crippen LogP contribution < -0.4 is 16.4 Å². The Morgan fingerprint density at radius 3 is 2.88 bits per heavy atom. The first-order valence-corrected chi connectivity index (χ1v) is 5.37. The molecule has 1 fully saturated rings. The van der Waals surface area contributed by atoms with E-state index in [4.69, 9.17) is 5.73 Å². The van der Waals surface area contributed by atoms with Crippen molar-refractivity contribution in [3.05, 3.63) is 11.9 Å². The van der Waals surface area contributed by atoms with E-state index in [-0.39, 0.29) is 19.1 Å². The molecule has 0 saturated heterocycles. The third-order valence-corrected chi connectivity index (χ3v) is 2.27. The van der Waals surface area contributed by atoms with Gasteiger partial charge in [-0.25, -0.2) is 9.48 Å². The fourth-order valence-corrected chi connectivity index (χ4v) is 1.27. The predicted octanol–water partition coefficient (Wildman–Crippen LogP) is -1.27. The first-order chi connectivity index (χ1) is 8.17. The van der Waals surface area contributed by atoms with Crippen LogP contribution in [0.25, 0.3) is 0 Å². The van der Waals surface area contributed by atoms with Gasteiger partial charge in [-0.1, -0.05) is 5.21 Å². The molecule has 0 aromatic carbocycles. The average Bonchev–Trinajstić information content (AvgIpc) is 2.95. The van der Waals surface area contributed by atoms with Gasteiger partial charge in [-0.15, -0.1) is 5.10 Å². The number of rotatable bonds is 4. The summed E-state index contributed by atoms with van der Waals surface area (Å²) < 4.78 is 1.34. The van der Waals surface area contributed by atoms with Gasteiger partial charge in [-0.05, 0) is 12.8 Å². The molecular weight excluding hydrogens is 224 g/mol. The van der Waals surface area contributed by atoms with Crippen LogP contribution in [0.15, 0.2) is 6.20 Å². The van der Waals surface area contributed by atoms with Gasteiger partial charge in [0, 0.05) is 12.6 Å². The summed E-state index contributed by atoms with van der Waals surface area (Å²) in [5.74, 6) is -0.434. The van der Waals surface area contributed by atoms with Crippen molar-refractivity contribution in [3.8, 4) is 0 Å². The van der Waals surface area contributed by atoms with Gasteiger partial charge < -0.3 is 11.1 Å². The maximum Gasteiger partial charge on any atom is 0.321 e. The van der Waals surface area contributed by atoms with E-state index in [0.717, 1.165) is 12.8 Å². The molecule has 0 bridgehead atoms. The molecule has 1 aromatic rings. The highest BCUT2D eigenvalue weighted by Gasteiger charge is 2.23. The SMILES string of the molecule is NCc1cn(CC(=O)NC(=O)NC2CC2)nn1. The Morgan fingerprint density at radius 1 is 1.53 bits per heavy atom. The second-order valence-corrected chi connectivity index (χ2v) is 3.91. The van der Waals surface area contributed by atoms with Crippen molar-refractivity contribution >= 4 is 11.9 Å². The van der Waals surface area contributed by atoms with Gasteiger partial charge in [0.2, 0.25) is 5.91 Å². The largest absolute Gasteiger partial charge is 0.335 e. The molecular formula is C9H14N6O2. The molecule has 8 nitrogen and oxygen atoms in total. The molecule has 0 radical (unpaired) electrons. The highest BCUT2D eigenvalue weighted by Crippen LogP contribution is 2.18. The van der Waals surface area contributed by atoms with Crippen LogP contribution in [-0.2, 0) is 17.9 Å². The summed E-state index contributed by atoms with van der Waals surface area (Å²) in [5, 5.41) is 12.3. The van der Waals surface area contributed by atoms with Crippen molar-refractivity contribution in [2.24, 2.45) is 5.73 Å². The van der Waals surface area contributed by atoms with Crippen molar-refractivity contribution in [3.63, 3.8) is 0 Å². The maximum absolute atomic E-state index is 11.4. The number of hydrogen-bond acceptors (Lipinski definition) is 5. The lowest BCUT2D eigenvalue weighted by molar-refractivity contribution is -0.120. The first-order valence-electron chi connectivity index (χ1n) is 5.37. The number of nitrogens with one attached hydrogen (secondary N) is 2. The molecule has 1 aliphatic rings. The Bertz CT molecular complexity index is 425. The molecule has 17 heavy (non-hydrogen) atoms. The molecule has 0 unspecified atom stereocenters. The second-order valence-electron chi connectivity index (χ2n) is 3.91. The van der Waals surface area contributed by atoms with Gasteiger partial charge in [0.25, 0.3) is 0 Å². The molecule has 0 spiro atoms. The summed E-state index contributed by atoms with van der Waals surface area (Å²) in [6.07, 6.45) is 3.52. The van der Waals surface area contributed by atoms with Crippen molar-refractivity contribution in [2.45, 2.75) is 32.0 Å². The number of aromatic nitrogens is 3. The van der Waals surface area contributed by atoms with Crippen molar-refractivity contribution in [2.75, 3.05) is 0 Å². The molecule has 8 heteroatoms. The molecule has 92 valence electrons. The van der Waals surface area contributed by atoms with Crippen LogP contribution in [0.1, 0.15) is 18.5 Å². The zero-order valence-corrected chi connectivity index (χ0v) is 9.22. The number of carbonyl (C=O) groups excluding carboxylic acids is 2. The van der Waals surface area contributed by atoms with Gasteiger partial charge in [-0.2, -0.15) is 0 Å². The Hall–Kier alpha value is -1.96. The molecule has 0 atom stereocenters. The Balaban J connectivity index is 1.77. The molecule has 1 heterocycles. The highest BCUT2D eigenvalue weighted by atomic mass is 16.2. The minimum Gasteiger partial charge on any atom is -0.335 e. The average molecular weight is 238 g/mol. The van der Waals surface area contributed by atoms with E-state index < -0.39 is 11.9 Å². The number of amides is 3. The first kappa shape index (κ1) is 11.5. The smallest absolute Gasteiger partial charge is 0.321 e. The van der Waals surface area contributed by atoms with Gasteiger partial charge in [0.15, 0.2) is 0 Å². The fraction of sp³-hybridized carbons (Fsp3) is 0.556. The Labute approximate surface area is 97.5 Å². The number of carbonyl (C=O) groups is 2. The zero-order chi connectivity index (χ0) is 12.3. The summed E-state index contributed by atoms with van der Waals surface area (Å²) in [7, 11) is 0. The quantitative estimate of drug-likeness (QED) is 0.604. The topological polar surface area (TPSA) is 115 Å². The minimum absolute atomic E-state index is 0.0505. The lowest BCUT2D eigenvalue weighted by Crippen LogP contribution is -2.41. The summed E-state index contributed by atoms with van der Waals surface area (Å²) in [4.78, 5) is 22.7. The number of nitrogens with two attached hydrogens (primary N) is 1. The lowest BCUT2D eigenvalue weighted by atomic mass is 10.5. The summed E-state index contributed by atoms with van der Waals surface area (Å²) in [6.45, 7) is 0.217. The number of imide groups is 1. The molecule has 3 amide bonds. The van der Waals surface area contributed by atoms with Crippen LogP contribution >= 0.6 is 0 Å². The van der Waals surface area contributed by atoms with Crippen LogP contribution in [0.5, 0.6) is 0 Å². The van der Waals surface area contributed by atoms with Crippen molar-refractivity contribution in [1.82, 2.24) is 25.6 Å². The van der Waals surface area contributed by atoms with Crippen molar-refractivity contribution in [1.29, 1.82) is 0 Å². The maximum atomic E-state index is 11.4. The van der Waals surface area contributed by atoms with Crippen LogP contribution in [-0.4, -0.2) is 33.0 Å². The molecule has 0 aliphatic heterocycles. The molecule has 1 aromatic heterocycles. The Kier molecular flexibility index (Phi) is 3.33. The summed E-state index contributed by atoms with van der Waals surface area (Å²) >= 11 is 0. The number of urea groups is 1. The van der Waals surface area contributed by atoms with E-state index in [2.05, 4.69) is 20.9 Å². The van der Waals surface area contributed by atoms with Gasteiger partial charge >= 0.3 is 6.03 Å².